The van der Waals surface area contributed by atoms with E-state index in [1.807, 2.05) is 35.8 Å². The molecule has 1 amide bonds. The summed E-state index contributed by atoms with van der Waals surface area (Å²) >= 11 is 7.37. The van der Waals surface area contributed by atoms with Crippen molar-refractivity contribution < 1.29 is 14.3 Å². The van der Waals surface area contributed by atoms with Crippen LogP contribution in [0.2, 0.25) is 5.02 Å². The predicted octanol–water partition coefficient (Wildman–Crippen LogP) is 5.35. The van der Waals surface area contributed by atoms with Gasteiger partial charge in [-0.25, -0.2) is 0 Å². The molecule has 0 fully saturated rings. The van der Waals surface area contributed by atoms with E-state index in [1.54, 1.807) is 31.4 Å². The highest BCUT2D eigenvalue weighted by atomic mass is 35.5. The monoisotopic (exact) mass is 486 g/mol. The van der Waals surface area contributed by atoms with Crippen LogP contribution in [-0.4, -0.2) is 45.9 Å². The summed E-state index contributed by atoms with van der Waals surface area (Å²) in [6.45, 7) is 3.24. The Balaban J connectivity index is 1.68. The number of methoxy groups -OCH3 is 1. The zero-order valence-electron chi connectivity index (χ0n) is 18.7. The summed E-state index contributed by atoms with van der Waals surface area (Å²) in [5.41, 5.74) is 2.17. The zero-order chi connectivity index (χ0) is 23.6. The quantitative estimate of drug-likeness (QED) is 0.211. The van der Waals surface area contributed by atoms with E-state index in [0.717, 1.165) is 24.2 Å². The van der Waals surface area contributed by atoms with Crippen molar-refractivity contribution in [1.82, 2.24) is 14.8 Å². The van der Waals surface area contributed by atoms with Gasteiger partial charge < -0.3 is 14.6 Å². The summed E-state index contributed by atoms with van der Waals surface area (Å²) in [6, 6.07) is 14.4. The lowest BCUT2D eigenvalue weighted by atomic mass is 10.1. The number of ether oxygens (including phenoxy) is 1. The van der Waals surface area contributed by atoms with Gasteiger partial charge in [0.1, 0.15) is 0 Å². The van der Waals surface area contributed by atoms with E-state index in [9.17, 15) is 9.59 Å². The lowest BCUT2D eigenvalue weighted by Gasteiger charge is -2.10. The number of nitrogens with one attached hydrogen (secondary N) is 1. The van der Waals surface area contributed by atoms with Crippen molar-refractivity contribution in [3.05, 3.63) is 59.1 Å². The summed E-state index contributed by atoms with van der Waals surface area (Å²) in [4.78, 5) is 24.5. The molecule has 0 saturated heterocycles. The van der Waals surface area contributed by atoms with Crippen molar-refractivity contribution in [1.29, 1.82) is 0 Å². The van der Waals surface area contributed by atoms with Crippen LogP contribution in [0, 0.1) is 0 Å². The molecule has 7 nitrogen and oxygen atoms in total. The van der Waals surface area contributed by atoms with E-state index in [0.29, 0.717) is 41.0 Å². The fourth-order valence-electron chi connectivity index (χ4n) is 3.18. The topological polar surface area (TPSA) is 86.1 Å². The molecule has 0 atom stereocenters. The summed E-state index contributed by atoms with van der Waals surface area (Å²) < 4.78 is 7.19. The number of hydrogen-bond acceptors (Lipinski definition) is 6. The molecule has 3 rings (SSSR count). The Labute approximate surface area is 202 Å². The molecule has 33 heavy (non-hydrogen) atoms. The Morgan fingerprint density at radius 2 is 1.82 bits per heavy atom. The number of Topliss-reactive ketones (excluding diaryl/α,β-unsaturated/α-hetero) is 1. The molecule has 0 radical (unpaired) electrons. The first-order chi connectivity index (χ1) is 16.0. The molecule has 0 bridgehead atoms. The van der Waals surface area contributed by atoms with Gasteiger partial charge in [0.25, 0.3) is 0 Å². The summed E-state index contributed by atoms with van der Waals surface area (Å²) in [6.07, 6.45) is 2.05. The molecule has 0 aliphatic carbocycles. The van der Waals surface area contributed by atoms with Gasteiger partial charge in [-0.2, -0.15) is 0 Å². The normalized spacial score (nSPS) is 10.9. The number of carbonyl (C=O) groups is 2. The number of anilines is 1. The van der Waals surface area contributed by atoms with Gasteiger partial charge in [0.05, 0.1) is 5.75 Å². The number of aromatic nitrogens is 3. The lowest BCUT2D eigenvalue weighted by Crippen LogP contribution is -2.11. The number of ketones is 1. The highest BCUT2D eigenvalue weighted by Gasteiger charge is 2.16. The molecule has 0 unspecified atom stereocenters. The maximum atomic E-state index is 12.7. The Morgan fingerprint density at radius 1 is 1.09 bits per heavy atom. The van der Waals surface area contributed by atoms with Gasteiger partial charge in [-0.1, -0.05) is 30.3 Å². The van der Waals surface area contributed by atoms with E-state index in [4.69, 9.17) is 16.3 Å². The minimum atomic E-state index is -0.0311. The fraction of sp³-hybridized carbons (Fsp3) is 0.333. The number of carbonyl (C=O) groups excluding carboxylic acids is 2. The second-order valence-electron chi connectivity index (χ2n) is 7.40. The van der Waals surface area contributed by atoms with Crippen molar-refractivity contribution in [2.75, 3.05) is 24.8 Å². The van der Waals surface area contributed by atoms with E-state index < -0.39 is 0 Å². The van der Waals surface area contributed by atoms with Crippen LogP contribution >= 0.6 is 23.4 Å². The second kappa shape index (κ2) is 12.5. The first-order valence-corrected chi connectivity index (χ1v) is 12.1. The van der Waals surface area contributed by atoms with Crippen molar-refractivity contribution in [2.45, 2.75) is 37.9 Å². The van der Waals surface area contributed by atoms with Gasteiger partial charge in [-0.05, 0) is 61.4 Å². The molecular formula is C24H27ClN4O3S. The number of amides is 1. The summed E-state index contributed by atoms with van der Waals surface area (Å²) in [7, 11) is 1.67. The third-order valence-corrected chi connectivity index (χ3v) is 6.07. The maximum absolute atomic E-state index is 12.7. The molecule has 3 aromatic rings. The first kappa shape index (κ1) is 25.0. The zero-order valence-corrected chi connectivity index (χ0v) is 20.3. The molecule has 1 aromatic heterocycles. The molecule has 1 heterocycles. The van der Waals surface area contributed by atoms with Crippen LogP contribution in [0.25, 0.3) is 11.4 Å². The van der Waals surface area contributed by atoms with Gasteiger partial charge in [-0.3, -0.25) is 9.59 Å². The van der Waals surface area contributed by atoms with Gasteiger partial charge in [0, 0.05) is 48.5 Å². The van der Waals surface area contributed by atoms with Gasteiger partial charge in [0.15, 0.2) is 16.8 Å². The Morgan fingerprint density at radius 3 is 2.48 bits per heavy atom. The predicted molar refractivity (Wildman–Crippen MR) is 132 cm³/mol. The maximum Gasteiger partial charge on any atom is 0.224 e. The van der Waals surface area contributed by atoms with Gasteiger partial charge in [0.2, 0.25) is 5.91 Å². The van der Waals surface area contributed by atoms with Crippen LogP contribution < -0.4 is 5.32 Å². The van der Waals surface area contributed by atoms with Crippen LogP contribution in [0.3, 0.4) is 0 Å². The average molecular weight is 487 g/mol. The smallest absolute Gasteiger partial charge is 0.224 e. The first-order valence-electron chi connectivity index (χ1n) is 10.8. The number of nitrogens with zero attached hydrogens (tertiary/aromatic N) is 3. The van der Waals surface area contributed by atoms with Crippen LogP contribution in [-0.2, 0) is 16.1 Å². The Kier molecular flexibility index (Phi) is 9.47. The van der Waals surface area contributed by atoms with Crippen molar-refractivity contribution in [2.24, 2.45) is 0 Å². The van der Waals surface area contributed by atoms with Crippen molar-refractivity contribution in [3.8, 4) is 11.4 Å². The molecule has 9 heteroatoms. The lowest BCUT2D eigenvalue weighted by molar-refractivity contribution is -0.116. The van der Waals surface area contributed by atoms with Crippen LogP contribution in [0.15, 0.2) is 53.7 Å². The number of rotatable bonds is 12. The van der Waals surface area contributed by atoms with Crippen molar-refractivity contribution in [3.63, 3.8) is 0 Å². The van der Waals surface area contributed by atoms with Crippen LogP contribution in [0.5, 0.6) is 0 Å². The number of halogens is 1. The number of thioether (sulfide) groups is 1. The fourth-order valence-corrected chi connectivity index (χ4v) is 4.16. The van der Waals surface area contributed by atoms with E-state index in [1.165, 1.54) is 11.8 Å². The molecule has 0 aliphatic heterocycles. The minimum absolute atomic E-state index is 0.0223. The highest BCUT2D eigenvalue weighted by molar-refractivity contribution is 7.99. The van der Waals surface area contributed by atoms with Gasteiger partial charge in [-0.15, -0.1) is 10.2 Å². The number of benzene rings is 2. The SMILES string of the molecule is CCCC(=O)Nc1ccc(C(=O)CSc2nnc(-c3ccc(Cl)cc3)n2CCCOC)cc1. The average Bonchev–Trinajstić information content (AvgIpc) is 3.21. The molecule has 174 valence electrons. The molecule has 0 aliphatic rings. The summed E-state index contributed by atoms with van der Waals surface area (Å²) in [5, 5.41) is 12.8. The molecule has 1 N–H and O–H groups in total. The molecular weight excluding hydrogens is 460 g/mol. The third kappa shape index (κ3) is 7.15. The second-order valence-corrected chi connectivity index (χ2v) is 8.78. The summed E-state index contributed by atoms with van der Waals surface area (Å²) in [5.74, 6) is 0.900. The molecule has 0 spiro atoms. The third-order valence-electron chi connectivity index (χ3n) is 4.85. The highest BCUT2D eigenvalue weighted by Crippen LogP contribution is 2.26. The Hall–Kier alpha value is -2.68. The molecule has 0 saturated carbocycles. The number of hydrogen-bond donors (Lipinski definition) is 1. The van der Waals surface area contributed by atoms with E-state index in [-0.39, 0.29) is 17.4 Å². The van der Waals surface area contributed by atoms with Crippen molar-refractivity contribution >= 4 is 40.7 Å². The minimum Gasteiger partial charge on any atom is -0.385 e. The van der Waals surface area contributed by atoms with Crippen LogP contribution in [0.4, 0.5) is 5.69 Å². The molecule has 2 aromatic carbocycles. The van der Waals surface area contributed by atoms with Crippen LogP contribution in [0.1, 0.15) is 36.5 Å². The largest absolute Gasteiger partial charge is 0.385 e. The van der Waals surface area contributed by atoms with E-state index in [2.05, 4.69) is 15.5 Å². The van der Waals surface area contributed by atoms with Gasteiger partial charge >= 0.3 is 0 Å². The Bertz CT molecular complexity index is 1070. The standard InChI is InChI=1S/C24H27ClN4O3S/c1-3-5-22(31)26-20-12-8-17(9-13-20)21(30)16-33-24-28-27-23(29(24)14-4-15-32-2)18-6-10-19(25)11-7-18/h6-13H,3-5,14-16H2,1-2H3,(H,26,31). The van der Waals surface area contributed by atoms with E-state index >= 15 is 0 Å².